The van der Waals surface area contributed by atoms with Crippen molar-refractivity contribution >= 4 is 5.91 Å². The molecule has 0 bridgehead atoms. The van der Waals surface area contributed by atoms with Gasteiger partial charge in [0.25, 0.3) is 0 Å². The highest BCUT2D eigenvalue weighted by molar-refractivity contribution is 5.87. The highest BCUT2D eigenvalue weighted by atomic mass is 16.2. The third-order valence-corrected chi connectivity index (χ3v) is 3.26. The minimum absolute atomic E-state index is 0.207. The Bertz CT molecular complexity index is 238. The minimum atomic E-state index is 0.207. The van der Waals surface area contributed by atoms with Crippen LogP contribution in [0, 0.1) is 5.92 Å². The fraction of sp³-hybridized carbons (Fsp3) is 0.750. The minimum Gasteiger partial charge on any atom is -0.339 e. The summed E-state index contributed by atoms with van der Waals surface area (Å²) in [6.45, 7) is 4.06. The Labute approximate surface area is 91.5 Å². The van der Waals surface area contributed by atoms with Gasteiger partial charge in [0.2, 0.25) is 5.91 Å². The van der Waals surface area contributed by atoms with Gasteiger partial charge in [-0.25, -0.2) is 0 Å². The van der Waals surface area contributed by atoms with Gasteiger partial charge in [-0.3, -0.25) is 4.79 Å². The average molecular weight is 208 g/mol. The molecule has 1 amide bonds. The first-order valence-corrected chi connectivity index (χ1v) is 6.04. The van der Waals surface area contributed by atoms with Crippen molar-refractivity contribution in [3.63, 3.8) is 0 Å². The van der Waals surface area contributed by atoms with Crippen molar-refractivity contribution in [1.29, 1.82) is 0 Å². The van der Waals surface area contributed by atoms with Gasteiger partial charge in [-0.15, -0.1) is 0 Å². The van der Waals surface area contributed by atoms with Crippen LogP contribution >= 0.6 is 0 Å². The maximum absolute atomic E-state index is 11.7. The standard InChI is InChI=1S/C12H20N2O/c15-12(14-8-1-2-9-14)6-5-11-4-3-7-13-10-11/h5-6,11,13H,1-4,7-10H2/b6-5+. The van der Waals surface area contributed by atoms with Crippen molar-refractivity contribution in [2.75, 3.05) is 26.2 Å². The van der Waals surface area contributed by atoms with Crippen molar-refractivity contribution in [2.24, 2.45) is 5.92 Å². The van der Waals surface area contributed by atoms with E-state index in [4.69, 9.17) is 0 Å². The maximum Gasteiger partial charge on any atom is 0.246 e. The molecule has 15 heavy (non-hydrogen) atoms. The second-order valence-corrected chi connectivity index (χ2v) is 4.50. The first kappa shape index (κ1) is 10.7. The lowest BCUT2D eigenvalue weighted by atomic mass is 9.99. The molecule has 0 aromatic carbocycles. The van der Waals surface area contributed by atoms with Crippen LogP contribution in [0.2, 0.25) is 0 Å². The zero-order valence-corrected chi connectivity index (χ0v) is 9.24. The van der Waals surface area contributed by atoms with Crippen molar-refractivity contribution < 1.29 is 4.79 Å². The second-order valence-electron chi connectivity index (χ2n) is 4.50. The van der Waals surface area contributed by atoms with E-state index in [0.29, 0.717) is 5.92 Å². The van der Waals surface area contributed by atoms with Crippen LogP contribution in [0.4, 0.5) is 0 Å². The van der Waals surface area contributed by atoms with Crippen molar-refractivity contribution in [3.8, 4) is 0 Å². The fourth-order valence-electron chi connectivity index (χ4n) is 2.30. The Morgan fingerprint density at radius 1 is 1.27 bits per heavy atom. The predicted octanol–water partition coefficient (Wildman–Crippen LogP) is 1.16. The lowest BCUT2D eigenvalue weighted by molar-refractivity contribution is -0.125. The first-order valence-electron chi connectivity index (χ1n) is 6.04. The Balaban J connectivity index is 1.78. The molecule has 0 aliphatic carbocycles. The van der Waals surface area contributed by atoms with Gasteiger partial charge < -0.3 is 10.2 Å². The fourth-order valence-corrected chi connectivity index (χ4v) is 2.30. The lowest BCUT2D eigenvalue weighted by Crippen LogP contribution is -2.29. The zero-order valence-electron chi connectivity index (χ0n) is 9.24. The molecule has 0 spiro atoms. The van der Waals surface area contributed by atoms with Gasteiger partial charge in [0, 0.05) is 19.6 Å². The van der Waals surface area contributed by atoms with Crippen LogP contribution in [0.3, 0.4) is 0 Å². The largest absolute Gasteiger partial charge is 0.339 e. The van der Waals surface area contributed by atoms with E-state index in [0.717, 1.165) is 26.2 Å². The van der Waals surface area contributed by atoms with Crippen LogP contribution in [0.15, 0.2) is 12.2 Å². The average Bonchev–Trinajstić information content (AvgIpc) is 2.81. The van der Waals surface area contributed by atoms with Gasteiger partial charge in [0.1, 0.15) is 0 Å². The summed E-state index contributed by atoms with van der Waals surface area (Å²) < 4.78 is 0. The number of carbonyl (C=O) groups excluding carboxylic acids is 1. The zero-order chi connectivity index (χ0) is 10.5. The molecule has 3 heteroatoms. The summed E-state index contributed by atoms with van der Waals surface area (Å²) in [7, 11) is 0. The van der Waals surface area contributed by atoms with E-state index in [-0.39, 0.29) is 5.91 Å². The summed E-state index contributed by atoms with van der Waals surface area (Å²) in [5, 5.41) is 3.35. The van der Waals surface area contributed by atoms with E-state index >= 15 is 0 Å². The molecule has 1 N–H and O–H groups in total. The molecule has 0 saturated carbocycles. The molecule has 3 nitrogen and oxygen atoms in total. The number of carbonyl (C=O) groups is 1. The second kappa shape index (κ2) is 5.31. The summed E-state index contributed by atoms with van der Waals surface area (Å²) in [6.07, 6.45) is 8.66. The topological polar surface area (TPSA) is 32.3 Å². The number of hydrogen-bond donors (Lipinski definition) is 1. The summed E-state index contributed by atoms with van der Waals surface area (Å²) in [5.41, 5.74) is 0. The molecule has 84 valence electrons. The van der Waals surface area contributed by atoms with Crippen LogP contribution in [0.25, 0.3) is 0 Å². The van der Waals surface area contributed by atoms with E-state index in [1.807, 2.05) is 4.90 Å². The van der Waals surface area contributed by atoms with Gasteiger partial charge in [-0.05, 0) is 44.2 Å². The molecule has 0 aromatic rings. The molecule has 2 rings (SSSR count). The molecule has 1 atom stereocenters. The van der Waals surface area contributed by atoms with Crippen LogP contribution < -0.4 is 5.32 Å². The van der Waals surface area contributed by atoms with Gasteiger partial charge in [0.05, 0.1) is 0 Å². The van der Waals surface area contributed by atoms with Crippen molar-refractivity contribution in [3.05, 3.63) is 12.2 Å². The van der Waals surface area contributed by atoms with Gasteiger partial charge in [0.15, 0.2) is 0 Å². The number of likely N-dealkylation sites (tertiary alicyclic amines) is 1. The van der Waals surface area contributed by atoms with Crippen molar-refractivity contribution in [2.45, 2.75) is 25.7 Å². The molecule has 2 aliphatic rings. The third kappa shape index (κ3) is 3.06. The molecule has 2 aliphatic heterocycles. The highest BCUT2D eigenvalue weighted by Crippen LogP contribution is 2.12. The van der Waals surface area contributed by atoms with E-state index < -0.39 is 0 Å². The van der Waals surface area contributed by atoms with Crippen LogP contribution in [0.1, 0.15) is 25.7 Å². The molecule has 2 fully saturated rings. The summed E-state index contributed by atoms with van der Waals surface area (Å²) >= 11 is 0. The predicted molar refractivity (Wildman–Crippen MR) is 60.5 cm³/mol. The number of amides is 1. The molecule has 2 saturated heterocycles. The number of hydrogen-bond acceptors (Lipinski definition) is 2. The molecule has 0 radical (unpaired) electrons. The Morgan fingerprint density at radius 2 is 2.07 bits per heavy atom. The van der Waals surface area contributed by atoms with E-state index in [9.17, 15) is 4.79 Å². The quantitative estimate of drug-likeness (QED) is 0.691. The lowest BCUT2D eigenvalue weighted by Gasteiger charge is -2.19. The smallest absolute Gasteiger partial charge is 0.246 e. The first-order chi connectivity index (χ1) is 7.36. The molecule has 0 aromatic heterocycles. The van der Waals surface area contributed by atoms with E-state index in [1.54, 1.807) is 6.08 Å². The van der Waals surface area contributed by atoms with E-state index in [2.05, 4.69) is 11.4 Å². The molecule has 1 unspecified atom stereocenters. The summed E-state index contributed by atoms with van der Waals surface area (Å²) in [6, 6.07) is 0. The van der Waals surface area contributed by atoms with Crippen LogP contribution in [-0.2, 0) is 4.79 Å². The van der Waals surface area contributed by atoms with Gasteiger partial charge >= 0.3 is 0 Å². The number of nitrogens with zero attached hydrogens (tertiary/aromatic N) is 1. The summed E-state index contributed by atoms with van der Waals surface area (Å²) in [5.74, 6) is 0.767. The van der Waals surface area contributed by atoms with Crippen LogP contribution in [0.5, 0.6) is 0 Å². The van der Waals surface area contributed by atoms with E-state index in [1.165, 1.54) is 25.7 Å². The molecular weight excluding hydrogens is 188 g/mol. The Kier molecular flexibility index (Phi) is 3.78. The normalized spacial score (nSPS) is 27.5. The molecule has 2 heterocycles. The third-order valence-electron chi connectivity index (χ3n) is 3.26. The number of rotatable bonds is 2. The van der Waals surface area contributed by atoms with Crippen molar-refractivity contribution in [1.82, 2.24) is 10.2 Å². The summed E-state index contributed by atoms with van der Waals surface area (Å²) in [4.78, 5) is 13.7. The molecular formula is C12H20N2O. The monoisotopic (exact) mass is 208 g/mol. The van der Waals surface area contributed by atoms with Gasteiger partial charge in [-0.2, -0.15) is 0 Å². The van der Waals surface area contributed by atoms with Crippen LogP contribution in [-0.4, -0.2) is 37.0 Å². The Morgan fingerprint density at radius 3 is 2.73 bits per heavy atom. The highest BCUT2D eigenvalue weighted by Gasteiger charge is 2.16. The maximum atomic E-state index is 11.7. The van der Waals surface area contributed by atoms with Gasteiger partial charge in [-0.1, -0.05) is 6.08 Å². The number of piperidine rings is 1. The Hall–Kier alpha value is -0.830. The number of nitrogens with one attached hydrogen (secondary N) is 1. The SMILES string of the molecule is O=C(/C=C/C1CCCNC1)N1CCCC1.